The Labute approximate surface area is 104 Å². The average molecular weight is 251 g/mol. The second kappa shape index (κ2) is 4.31. The summed E-state index contributed by atoms with van der Waals surface area (Å²) in [5.74, 6) is -0.357. The number of halogens is 2. The molecule has 0 saturated heterocycles. The Kier molecular flexibility index (Phi) is 2.78. The van der Waals surface area contributed by atoms with Crippen LogP contribution < -0.4 is 5.32 Å². The van der Waals surface area contributed by atoms with E-state index in [2.05, 4.69) is 10.3 Å². The van der Waals surface area contributed by atoms with E-state index >= 15 is 0 Å². The number of nitrogens with one attached hydrogen (secondary N) is 1. The lowest BCUT2D eigenvalue weighted by Crippen LogP contribution is -2.20. The van der Waals surface area contributed by atoms with Gasteiger partial charge in [-0.3, -0.25) is 0 Å². The van der Waals surface area contributed by atoms with Crippen LogP contribution in [0.5, 0.6) is 0 Å². The summed E-state index contributed by atoms with van der Waals surface area (Å²) in [6.45, 7) is 0.825. The molecule has 0 aliphatic heterocycles. The summed E-state index contributed by atoms with van der Waals surface area (Å²) in [6, 6.07) is 2.82. The van der Waals surface area contributed by atoms with Crippen molar-refractivity contribution in [3.05, 3.63) is 29.6 Å². The van der Waals surface area contributed by atoms with Gasteiger partial charge in [0.1, 0.15) is 17.2 Å². The number of hydrogen-bond donors (Lipinski definition) is 1. The predicted molar refractivity (Wildman–Crippen MR) is 65.4 cm³/mol. The van der Waals surface area contributed by atoms with Crippen LogP contribution in [0.1, 0.15) is 18.7 Å². The molecule has 96 valence electrons. The predicted octanol–water partition coefficient (Wildman–Crippen LogP) is 2.15. The molecular weight excluding hydrogens is 236 g/mol. The summed E-state index contributed by atoms with van der Waals surface area (Å²) in [5.41, 5.74) is 0.759. The second-order valence-electron chi connectivity index (χ2n) is 4.82. The highest BCUT2D eigenvalue weighted by Gasteiger charge is 2.20. The molecule has 3 nitrogen and oxygen atoms in total. The maximum absolute atomic E-state index is 13.7. The van der Waals surface area contributed by atoms with Gasteiger partial charge in [-0.1, -0.05) is 0 Å². The quantitative estimate of drug-likeness (QED) is 0.902. The lowest BCUT2D eigenvalue weighted by atomic mass is 10.3. The number of imidazole rings is 1. The Morgan fingerprint density at radius 1 is 1.39 bits per heavy atom. The van der Waals surface area contributed by atoms with Gasteiger partial charge in [0.25, 0.3) is 0 Å². The minimum Gasteiger partial charge on any atom is -0.329 e. The summed E-state index contributed by atoms with van der Waals surface area (Å²) < 4.78 is 28.5. The van der Waals surface area contributed by atoms with Crippen LogP contribution in [-0.2, 0) is 13.5 Å². The third kappa shape index (κ3) is 2.10. The first-order valence-electron chi connectivity index (χ1n) is 6.19. The van der Waals surface area contributed by atoms with Crippen molar-refractivity contribution in [1.82, 2.24) is 14.9 Å². The molecule has 18 heavy (non-hydrogen) atoms. The molecule has 1 heterocycles. The van der Waals surface area contributed by atoms with Gasteiger partial charge in [-0.25, -0.2) is 13.8 Å². The SMILES string of the molecule is Cn1c(CCNC2CC2)nc2cc(F)cc(F)c21. The Balaban J connectivity index is 1.87. The first-order chi connectivity index (χ1) is 8.65. The fourth-order valence-electron chi connectivity index (χ4n) is 2.21. The number of aryl methyl sites for hydroxylation is 1. The van der Waals surface area contributed by atoms with E-state index in [1.807, 2.05) is 0 Å². The molecule has 0 spiro atoms. The molecule has 1 aliphatic rings. The van der Waals surface area contributed by atoms with E-state index in [4.69, 9.17) is 0 Å². The number of nitrogens with zero attached hydrogens (tertiary/aromatic N) is 2. The van der Waals surface area contributed by atoms with E-state index in [1.165, 1.54) is 18.9 Å². The molecule has 1 aliphatic carbocycles. The van der Waals surface area contributed by atoms with E-state index < -0.39 is 11.6 Å². The highest BCUT2D eigenvalue weighted by atomic mass is 19.1. The molecule has 1 saturated carbocycles. The second-order valence-corrected chi connectivity index (χ2v) is 4.82. The van der Waals surface area contributed by atoms with E-state index in [9.17, 15) is 8.78 Å². The fraction of sp³-hybridized carbons (Fsp3) is 0.462. The van der Waals surface area contributed by atoms with Gasteiger partial charge >= 0.3 is 0 Å². The summed E-state index contributed by atoms with van der Waals surface area (Å²) in [5, 5.41) is 3.38. The largest absolute Gasteiger partial charge is 0.329 e. The van der Waals surface area contributed by atoms with Gasteiger partial charge in [0.15, 0.2) is 5.82 Å². The Morgan fingerprint density at radius 3 is 2.89 bits per heavy atom. The van der Waals surface area contributed by atoms with Gasteiger partial charge in [-0.15, -0.1) is 0 Å². The monoisotopic (exact) mass is 251 g/mol. The standard InChI is InChI=1S/C13H15F2N3/c1-18-12(4-5-16-9-2-3-9)17-11-7-8(14)6-10(15)13(11)18/h6-7,9,16H,2-5H2,1H3. The van der Waals surface area contributed by atoms with E-state index in [0.29, 0.717) is 17.1 Å². The molecule has 1 fully saturated rings. The van der Waals surface area contributed by atoms with Crippen molar-refractivity contribution in [3.8, 4) is 0 Å². The smallest absolute Gasteiger partial charge is 0.152 e. The topological polar surface area (TPSA) is 29.9 Å². The molecule has 2 aromatic rings. The minimum atomic E-state index is -0.583. The van der Waals surface area contributed by atoms with Crippen LogP contribution >= 0.6 is 0 Å². The van der Waals surface area contributed by atoms with E-state index in [-0.39, 0.29) is 0 Å². The molecule has 0 unspecified atom stereocenters. The molecule has 5 heteroatoms. The summed E-state index contributed by atoms with van der Waals surface area (Å²) >= 11 is 0. The highest BCUT2D eigenvalue weighted by molar-refractivity contribution is 5.76. The lowest BCUT2D eigenvalue weighted by Gasteiger charge is -2.03. The maximum Gasteiger partial charge on any atom is 0.152 e. The Bertz CT molecular complexity index is 587. The van der Waals surface area contributed by atoms with Crippen molar-refractivity contribution >= 4 is 11.0 Å². The number of fused-ring (bicyclic) bond motifs is 1. The molecular formula is C13H15F2N3. The molecule has 0 radical (unpaired) electrons. The van der Waals surface area contributed by atoms with Gasteiger partial charge in [-0.05, 0) is 12.8 Å². The average Bonchev–Trinajstić information content (AvgIpc) is 3.05. The molecule has 0 atom stereocenters. The van der Waals surface area contributed by atoms with E-state index in [0.717, 1.165) is 24.9 Å². The summed E-state index contributed by atoms with van der Waals surface area (Å²) in [7, 11) is 1.77. The van der Waals surface area contributed by atoms with Crippen molar-refractivity contribution in [3.63, 3.8) is 0 Å². The molecule has 1 aromatic carbocycles. The fourth-order valence-corrected chi connectivity index (χ4v) is 2.21. The summed E-state index contributed by atoms with van der Waals surface area (Å²) in [4.78, 5) is 4.29. The van der Waals surface area contributed by atoms with E-state index in [1.54, 1.807) is 11.6 Å². The first kappa shape index (κ1) is 11.6. The van der Waals surface area contributed by atoms with Crippen LogP contribution in [0, 0.1) is 11.6 Å². The molecule has 0 bridgehead atoms. The van der Waals surface area contributed by atoms with Crippen molar-refractivity contribution in [1.29, 1.82) is 0 Å². The van der Waals surface area contributed by atoms with Crippen molar-refractivity contribution < 1.29 is 8.78 Å². The van der Waals surface area contributed by atoms with Crippen LogP contribution in [0.4, 0.5) is 8.78 Å². The van der Waals surface area contributed by atoms with Gasteiger partial charge in [0.05, 0.1) is 5.52 Å². The normalized spacial score (nSPS) is 15.5. The third-order valence-corrected chi connectivity index (χ3v) is 3.34. The molecule has 3 rings (SSSR count). The third-order valence-electron chi connectivity index (χ3n) is 3.34. The number of aromatic nitrogens is 2. The van der Waals surface area contributed by atoms with Gasteiger partial charge < -0.3 is 9.88 Å². The summed E-state index contributed by atoms with van der Waals surface area (Å²) in [6.07, 6.45) is 3.20. The lowest BCUT2D eigenvalue weighted by molar-refractivity contribution is 0.587. The van der Waals surface area contributed by atoms with Crippen molar-refractivity contribution in [2.24, 2.45) is 7.05 Å². The zero-order valence-electron chi connectivity index (χ0n) is 10.2. The minimum absolute atomic E-state index is 0.373. The van der Waals surface area contributed by atoms with Gasteiger partial charge in [-0.2, -0.15) is 0 Å². The zero-order chi connectivity index (χ0) is 12.7. The maximum atomic E-state index is 13.7. The van der Waals surface area contributed by atoms with Crippen molar-refractivity contribution in [2.45, 2.75) is 25.3 Å². The van der Waals surface area contributed by atoms with Crippen LogP contribution in [0.2, 0.25) is 0 Å². The highest BCUT2D eigenvalue weighted by Crippen LogP contribution is 2.21. The first-order valence-corrected chi connectivity index (χ1v) is 6.19. The zero-order valence-corrected chi connectivity index (χ0v) is 10.2. The van der Waals surface area contributed by atoms with Crippen molar-refractivity contribution in [2.75, 3.05) is 6.54 Å². The number of rotatable bonds is 4. The molecule has 0 amide bonds. The molecule has 1 N–H and O–H groups in total. The van der Waals surface area contributed by atoms with Gasteiger partial charge in [0.2, 0.25) is 0 Å². The number of benzene rings is 1. The van der Waals surface area contributed by atoms with Crippen LogP contribution in [0.15, 0.2) is 12.1 Å². The van der Waals surface area contributed by atoms with Crippen LogP contribution in [-0.4, -0.2) is 22.1 Å². The molecule has 1 aromatic heterocycles. The Morgan fingerprint density at radius 2 is 2.17 bits per heavy atom. The Hall–Kier alpha value is -1.49. The van der Waals surface area contributed by atoms with Crippen LogP contribution in [0.25, 0.3) is 11.0 Å². The number of hydrogen-bond acceptors (Lipinski definition) is 2. The van der Waals surface area contributed by atoms with Gasteiger partial charge in [0, 0.05) is 38.2 Å². The van der Waals surface area contributed by atoms with Crippen LogP contribution in [0.3, 0.4) is 0 Å².